The number of benzene rings is 2. The molecule has 0 bridgehead atoms. The molecule has 0 spiro atoms. The second-order valence-corrected chi connectivity index (χ2v) is 4.09. The average molecular weight is 274 g/mol. The van der Waals surface area contributed by atoms with Crippen molar-refractivity contribution in [2.45, 2.75) is 6.42 Å². The van der Waals surface area contributed by atoms with Crippen molar-refractivity contribution in [3.05, 3.63) is 59.7 Å². The molecule has 0 aliphatic heterocycles. The van der Waals surface area contributed by atoms with Crippen LogP contribution >= 0.6 is 0 Å². The highest BCUT2D eigenvalue weighted by Gasteiger charge is 1.98. The van der Waals surface area contributed by atoms with Crippen molar-refractivity contribution in [1.29, 1.82) is 0 Å². The fraction of sp³-hybridized carbons (Fsp3) is 0.133. The molecule has 106 valence electrons. The van der Waals surface area contributed by atoms with Crippen LogP contribution in [0.15, 0.2) is 48.5 Å². The highest BCUT2D eigenvalue weighted by Crippen LogP contribution is 2.24. The minimum absolute atomic E-state index is 0.0871. The maximum absolute atomic E-state index is 10.4. The van der Waals surface area contributed by atoms with E-state index in [-0.39, 0.29) is 17.4 Å². The average Bonchev–Trinajstić information content (AvgIpc) is 2.45. The van der Waals surface area contributed by atoms with Gasteiger partial charge in [0, 0.05) is 5.56 Å². The van der Waals surface area contributed by atoms with Gasteiger partial charge in [-0.25, -0.2) is 0 Å². The Balaban J connectivity index is 0.000000204. The molecule has 1 amide bonds. The van der Waals surface area contributed by atoms with Crippen molar-refractivity contribution in [3.63, 3.8) is 0 Å². The third-order valence-corrected chi connectivity index (χ3v) is 2.53. The van der Waals surface area contributed by atoms with Gasteiger partial charge in [-0.05, 0) is 42.8 Å². The molecule has 0 fully saturated rings. The minimum atomic E-state index is -0.379. The van der Waals surface area contributed by atoms with Crippen molar-refractivity contribution >= 4 is 5.91 Å². The summed E-state index contributed by atoms with van der Waals surface area (Å²) >= 11 is 0. The molecule has 6 N–H and O–H groups in total. The van der Waals surface area contributed by atoms with Gasteiger partial charge < -0.3 is 21.7 Å². The largest absolute Gasteiger partial charge is 0.504 e. The number of aromatic hydroxyl groups is 2. The summed E-state index contributed by atoms with van der Waals surface area (Å²) in [5.74, 6) is -0.558. The molecule has 0 saturated heterocycles. The lowest BCUT2D eigenvalue weighted by atomic mass is 10.1. The molecule has 2 rings (SSSR count). The van der Waals surface area contributed by atoms with E-state index >= 15 is 0 Å². The number of primary amides is 1. The third-order valence-electron chi connectivity index (χ3n) is 2.53. The highest BCUT2D eigenvalue weighted by atomic mass is 16.3. The van der Waals surface area contributed by atoms with E-state index in [0.717, 1.165) is 5.56 Å². The van der Waals surface area contributed by atoms with E-state index in [1.165, 1.54) is 12.1 Å². The minimum Gasteiger partial charge on any atom is -0.504 e. The number of carbonyl (C=O) groups excluding carboxylic acids is 1. The van der Waals surface area contributed by atoms with Crippen LogP contribution in [0.3, 0.4) is 0 Å². The van der Waals surface area contributed by atoms with E-state index in [1.54, 1.807) is 30.3 Å². The third kappa shape index (κ3) is 4.99. The molecule has 0 radical (unpaired) electrons. The summed E-state index contributed by atoms with van der Waals surface area (Å²) in [5, 5.41) is 18.0. The topological polar surface area (TPSA) is 110 Å². The maximum Gasteiger partial charge on any atom is 0.248 e. The Morgan fingerprint density at radius 3 is 2.10 bits per heavy atom. The molecular formula is C15H18N2O3. The van der Waals surface area contributed by atoms with Crippen LogP contribution in [0.4, 0.5) is 0 Å². The van der Waals surface area contributed by atoms with Crippen LogP contribution in [0.25, 0.3) is 0 Å². The predicted octanol–water partition coefficient (Wildman–Crippen LogP) is 1.38. The first-order chi connectivity index (χ1) is 9.54. The van der Waals surface area contributed by atoms with Crippen LogP contribution in [0.2, 0.25) is 0 Å². The lowest BCUT2D eigenvalue weighted by molar-refractivity contribution is 0.100. The van der Waals surface area contributed by atoms with Gasteiger partial charge in [0.25, 0.3) is 0 Å². The van der Waals surface area contributed by atoms with Gasteiger partial charge in [0.05, 0.1) is 0 Å². The molecule has 0 unspecified atom stereocenters. The monoisotopic (exact) mass is 274 g/mol. The second-order valence-electron chi connectivity index (χ2n) is 4.09. The normalized spacial score (nSPS) is 9.45. The summed E-state index contributed by atoms with van der Waals surface area (Å²) in [5.41, 5.74) is 11.8. The van der Waals surface area contributed by atoms with Crippen LogP contribution < -0.4 is 11.5 Å². The summed E-state index contributed by atoms with van der Waals surface area (Å²) in [6, 6.07) is 13.5. The van der Waals surface area contributed by atoms with E-state index in [4.69, 9.17) is 21.7 Å². The first kappa shape index (κ1) is 15.5. The standard InChI is InChI=1S/C8H11NO2.C7H7NO/c9-4-3-6-1-2-7(10)8(11)5-6;8-7(9)6-4-2-1-3-5-6/h1-2,5,10-11H,3-4,9H2;1-5H,(H2,8,9). The Hall–Kier alpha value is -2.53. The summed E-state index contributed by atoms with van der Waals surface area (Å²) in [7, 11) is 0. The number of nitrogens with two attached hydrogens (primary N) is 2. The molecule has 2 aromatic rings. The molecule has 0 aromatic heterocycles. The number of rotatable bonds is 3. The number of carbonyl (C=O) groups is 1. The SMILES string of the molecule is NC(=O)c1ccccc1.NCCc1ccc(O)c(O)c1. The van der Waals surface area contributed by atoms with Crippen LogP contribution in [0.1, 0.15) is 15.9 Å². The van der Waals surface area contributed by atoms with Gasteiger partial charge in [0.1, 0.15) is 0 Å². The number of phenols is 2. The summed E-state index contributed by atoms with van der Waals surface area (Å²) in [6.45, 7) is 0.546. The Kier molecular flexibility index (Phi) is 6.06. The molecule has 0 heterocycles. The Morgan fingerprint density at radius 1 is 1.00 bits per heavy atom. The smallest absolute Gasteiger partial charge is 0.248 e. The molecule has 0 aliphatic rings. The Labute approximate surface area is 117 Å². The molecule has 2 aromatic carbocycles. The number of amides is 1. The van der Waals surface area contributed by atoms with E-state index in [1.807, 2.05) is 6.07 Å². The van der Waals surface area contributed by atoms with Gasteiger partial charge in [0.2, 0.25) is 5.91 Å². The van der Waals surface area contributed by atoms with Crippen LogP contribution in [0.5, 0.6) is 11.5 Å². The zero-order valence-electron chi connectivity index (χ0n) is 11.0. The fourth-order valence-corrected chi connectivity index (χ4v) is 1.49. The maximum atomic E-state index is 10.4. The number of phenolic OH excluding ortho intramolecular Hbond substituents is 2. The van der Waals surface area contributed by atoms with Crippen LogP contribution in [-0.2, 0) is 6.42 Å². The Bertz CT molecular complexity index is 556. The fourth-order valence-electron chi connectivity index (χ4n) is 1.49. The van der Waals surface area contributed by atoms with Crippen molar-refractivity contribution in [2.75, 3.05) is 6.54 Å². The molecule has 20 heavy (non-hydrogen) atoms. The molecule has 5 nitrogen and oxygen atoms in total. The zero-order chi connectivity index (χ0) is 15.0. The van der Waals surface area contributed by atoms with E-state index < -0.39 is 0 Å². The molecular weight excluding hydrogens is 256 g/mol. The van der Waals surface area contributed by atoms with E-state index in [2.05, 4.69) is 0 Å². The van der Waals surface area contributed by atoms with E-state index in [0.29, 0.717) is 18.5 Å². The molecule has 0 atom stereocenters. The Morgan fingerprint density at radius 2 is 1.65 bits per heavy atom. The lowest BCUT2D eigenvalue weighted by Gasteiger charge is -2.00. The quantitative estimate of drug-likeness (QED) is 0.634. The van der Waals surface area contributed by atoms with Gasteiger partial charge in [-0.3, -0.25) is 4.79 Å². The van der Waals surface area contributed by atoms with Gasteiger partial charge in [-0.15, -0.1) is 0 Å². The summed E-state index contributed by atoms with van der Waals surface area (Å²) < 4.78 is 0. The van der Waals surface area contributed by atoms with Gasteiger partial charge in [-0.2, -0.15) is 0 Å². The highest BCUT2D eigenvalue weighted by molar-refractivity contribution is 5.92. The van der Waals surface area contributed by atoms with E-state index in [9.17, 15) is 4.79 Å². The van der Waals surface area contributed by atoms with Gasteiger partial charge in [0.15, 0.2) is 11.5 Å². The van der Waals surface area contributed by atoms with Crippen molar-refractivity contribution in [2.24, 2.45) is 11.5 Å². The molecule has 0 saturated carbocycles. The second kappa shape index (κ2) is 7.81. The van der Waals surface area contributed by atoms with Crippen LogP contribution in [0, 0.1) is 0 Å². The summed E-state index contributed by atoms with van der Waals surface area (Å²) in [4.78, 5) is 10.4. The van der Waals surface area contributed by atoms with Crippen molar-refractivity contribution in [1.82, 2.24) is 0 Å². The first-order valence-electron chi connectivity index (χ1n) is 6.10. The van der Waals surface area contributed by atoms with Crippen molar-refractivity contribution in [3.8, 4) is 11.5 Å². The number of hydrogen-bond donors (Lipinski definition) is 4. The van der Waals surface area contributed by atoms with Gasteiger partial charge >= 0.3 is 0 Å². The van der Waals surface area contributed by atoms with Gasteiger partial charge in [-0.1, -0.05) is 24.3 Å². The first-order valence-corrected chi connectivity index (χ1v) is 6.10. The predicted molar refractivity (Wildman–Crippen MR) is 77.5 cm³/mol. The number of hydrogen-bond acceptors (Lipinski definition) is 4. The zero-order valence-corrected chi connectivity index (χ0v) is 11.0. The lowest BCUT2D eigenvalue weighted by Crippen LogP contribution is -2.09. The molecule has 5 heteroatoms. The van der Waals surface area contributed by atoms with Crippen molar-refractivity contribution < 1.29 is 15.0 Å². The summed E-state index contributed by atoms with van der Waals surface area (Å²) in [6.07, 6.45) is 0.716. The van der Waals surface area contributed by atoms with Crippen LogP contribution in [-0.4, -0.2) is 22.7 Å². The molecule has 0 aliphatic carbocycles.